The lowest BCUT2D eigenvalue weighted by molar-refractivity contribution is 0.0698. The fourth-order valence-electron chi connectivity index (χ4n) is 4.69. The van der Waals surface area contributed by atoms with Gasteiger partial charge in [-0.25, -0.2) is 4.79 Å². The number of carboxylic acid groups (broad SMARTS) is 1. The van der Waals surface area contributed by atoms with Crippen molar-refractivity contribution >= 4 is 22.6 Å². The van der Waals surface area contributed by atoms with Crippen LogP contribution in [-0.2, 0) is 6.54 Å². The first kappa shape index (κ1) is 18.2. The summed E-state index contributed by atoms with van der Waals surface area (Å²) >= 11 is 0. The zero-order valence-corrected chi connectivity index (χ0v) is 16.5. The highest BCUT2D eigenvalue weighted by Crippen LogP contribution is 2.44. The van der Waals surface area contributed by atoms with E-state index in [1.807, 2.05) is 24.4 Å². The molecule has 6 heteroatoms. The summed E-state index contributed by atoms with van der Waals surface area (Å²) < 4.78 is 2.09. The summed E-state index contributed by atoms with van der Waals surface area (Å²) in [7, 11) is 0. The van der Waals surface area contributed by atoms with Crippen molar-refractivity contribution in [3.8, 4) is 11.3 Å². The standard InChI is InChI=1S/C23H26N4O2/c24-21-18(15-6-7-15)12-25-22(20(21)23(28)29)16-8-9-19-17(10-16)11-26-27(19)13-14-4-2-1-3-5-14/h8-12,14-15H,1-7,13H2,(H2,24,25)(H,28,29). The Balaban J connectivity index is 1.51. The van der Waals surface area contributed by atoms with E-state index in [-0.39, 0.29) is 5.56 Å². The van der Waals surface area contributed by atoms with Gasteiger partial charge in [0.2, 0.25) is 0 Å². The van der Waals surface area contributed by atoms with Gasteiger partial charge >= 0.3 is 5.97 Å². The first-order chi connectivity index (χ1) is 14.1. The molecule has 0 bridgehead atoms. The number of fused-ring (bicyclic) bond motifs is 1. The lowest BCUT2D eigenvalue weighted by Crippen LogP contribution is -2.14. The Morgan fingerprint density at radius 3 is 2.66 bits per heavy atom. The van der Waals surface area contributed by atoms with E-state index in [2.05, 4.69) is 14.8 Å². The van der Waals surface area contributed by atoms with Crippen molar-refractivity contribution in [2.45, 2.75) is 57.4 Å². The summed E-state index contributed by atoms with van der Waals surface area (Å²) in [5, 5.41) is 15.4. The summed E-state index contributed by atoms with van der Waals surface area (Å²) in [6, 6.07) is 5.94. The van der Waals surface area contributed by atoms with Crippen LogP contribution in [0.4, 0.5) is 5.69 Å². The molecule has 0 aliphatic heterocycles. The second-order valence-corrected chi connectivity index (χ2v) is 8.53. The van der Waals surface area contributed by atoms with Crippen molar-refractivity contribution in [3.63, 3.8) is 0 Å². The number of pyridine rings is 1. The van der Waals surface area contributed by atoms with Gasteiger partial charge in [-0.15, -0.1) is 0 Å². The third-order valence-electron chi connectivity index (χ3n) is 6.45. The van der Waals surface area contributed by atoms with Crippen molar-refractivity contribution in [2.24, 2.45) is 5.92 Å². The van der Waals surface area contributed by atoms with Crippen LogP contribution in [0.1, 0.15) is 66.8 Å². The summed E-state index contributed by atoms with van der Waals surface area (Å²) in [6.45, 7) is 0.949. The number of nitrogen functional groups attached to an aromatic ring is 1. The first-order valence-electron chi connectivity index (χ1n) is 10.6. The number of hydrogen-bond acceptors (Lipinski definition) is 4. The average molecular weight is 390 g/mol. The molecule has 2 saturated carbocycles. The fourth-order valence-corrected chi connectivity index (χ4v) is 4.69. The van der Waals surface area contributed by atoms with Crippen LogP contribution in [-0.4, -0.2) is 25.8 Å². The molecule has 2 fully saturated rings. The number of nitrogens with zero attached hydrogens (tertiary/aromatic N) is 3. The van der Waals surface area contributed by atoms with Crippen LogP contribution in [0.2, 0.25) is 0 Å². The molecule has 3 N–H and O–H groups in total. The topological polar surface area (TPSA) is 94.0 Å². The summed E-state index contributed by atoms with van der Waals surface area (Å²) in [6.07, 6.45) is 12.3. The van der Waals surface area contributed by atoms with Gasteiger partial charge in [0.15, 0.2) is 0 Å². The molecule has 0 spiro atoms. The van der Waals surface area contributed by atoms with E-state index in [0.717, 1.165) is 41.4 Å². The van der Waals surface area contributed by atoms with Gasteiger partial charge in [-0.2, -0.15) is 5.10 Å². The van der Waals surface area contributed by atoms with Gasteiger partial charge in [-0.05, 0) is 55.2 Å². The van der Waals surface area contributed by atoms with Crippen LogP contribution in [0, 0.1) is 5.92 Å². The van der Waals surface area contributed by atoms with E-state index in [0.29, 0.717) is 23.2 Å². The van der Waals surface area contributed by atoms with Gasteiger partial charge in [-0.3, -0.25) is 9.67 Å². The average Bonchev–Trinajstić information content (AvgIpc) is 3.49. The largest absolute Gasteiger partial charge is 0.478 e. The smallest absolute Gasteiger partial charge is 0.340 e. The monoisotopic (exact) mass is 390 g/mol. The number of hydrogen-bond donors (Lipinski definition) is 2. The van der Waals surface area contributed by atoms with Crippen molar-refractivity contribution in [1.29, 1.82) is 0 Å². The van der Waals surface area contributed by atoms with Crippen molar-refractivity contribution in [3.05, 3.63) is 41.7 Å². The first-order valence-corrected chi connectivity index (χ1v) is 10.6. The molecule has 0 radical (unpaired) electrons. The zero-order chi connectivity index (χ0) is 20.0. The molecular weight excluding hydrogens is 364 g/mol. The lowest BCUT2D eigenvalue weighted by atomic mass is 9.89. The van der Waals surface area contributed by atoms with Gasteiger partial charge in [0, 0.05) is 23.7 Å². The maximum atomic E-state index is 12.0. The Hall–Kier alpha value is -2.89. The molecule has 0 atom stereocenters. The maximum Gasteiger partial charge on any atom is 0.340 e. The highest BCUT2D eigenvalue weighted by atomic mass is 16.4. The minimum absolute atomic E-state index is 0.114. The predicted molar refractivity (Wildman–Crippen MR) is 113 cm³/mol. The second-order valence-electron chi connectivity index (χ2n) is 8.53. The van der Waals surface area contributed by atoms with Crippen LogP contribution < -0.4 is 5.73 Å². The van der Waals surface area contributed by atoms with Gasteiger partial charge in [0.05, 0.1) is 23.1 Å². The van der Waals surface area contributed by atoms with E-state index in [4.69, 9.17) is 5.73 Å². The Morgan fingerprint density at radius 1 is 1.14 bits per heavy atom. The Kier molecular flexibility index (Phi) is 4.49. The second kappa shape index (κ2) is 7.17. The minimum Gasteiger partial charge on any atom is -0.478 e. The number of carbonyl (C=O) groups is 1. The molecule has 6 nitrogen and oxygen atoms in total. The molecule has 2 aliphatic rings. The molecular formula is C23H26N4O2. The molecule has 2 aliphatic carbocycles. The SMILES string of the molecule is Nc1c(C2CC2)cnc(-c2ccc3c(cnn3CC3CCCCC3)c2)c1C(=O)O. The third-order valence-corrected chi connectivity index (χ3v) is 6.45. The predicted octanol–water partition coefficient (Wildman–Crippen LogP) is 4.84. The van der Waals surface area contributed by atoms with Crippen LogP contribution in [0.15, 0.2) is 30.6 Å². The Morgan fingerprint density at radius 2 is 1.93 bits per heavy atom. The number of rotatable bonds is 5. The number of aromatic carboxylic acids is 1. The number of nitrogens with two attached hydrogens (primary N) is 1. The molecule has 29 heavy (non-hydrogen) atoms. The van der Waals surface area contributed by atoms with E-state index < -0.39 is 5.97 Å². The molecule has 3 aromatic rings. The van der Waals surface area contributed by atoms with Gasteiger partial charge in [0.1, 0.15) is 5.56 Å². The number of anilines is 1. The maximum absolute atomic E-state index is 12.0. The number of carboxylic acids is 1. The van der Waals surface area contributed by atoms with Crippen LogP contribution >= 0.6 is 0 Å². The van der Waals surface area contributed by atoms with Gasteiger partial charge in [0.25, 0.3) is 0 Å². The van der Waals surface area contributed by atoms with Crippen LogP contribution in [0.25, 0.3) is 22.2 Å². The molecule has 0 amide bonds. The van der Waals surface area contributed by atoms with E-state index in [9.17, 15) is 9.90 Å². The molecule has 0 saturated heterocycles. The van der Waals surface area contributed by atoms with Gasteiger partial charge in [-0.1, -0.05) is 25.3 Å². The quantitative estimate of drug-likeness (QED) is 0.650. The van der Waals surface area contributed by atoms with Crippen LogP contribution in [0.3, 0.4) is 0 Å². The van der Waals surface area contributed by atoms with E-state index in [1.165, 1.54) is 32.1 Å². The highest BCUT2D eigenvalue weighted by Gasteiger charge is 2.30. The Bertz CT molecular complexity index is 1080. The third kappa shape index (κ3) is 3.37. The van der Waals surface area contributed by atoms with Crippen molar-refractivity contribution in [1.82, 2.24) is 14.8 Å². The van der Waals surface area contributed by atoms with Crippen molar-refractivity contribution < 1.29 is 9.90 Å². The van der Waals surface area contributed by atoms with Crippen molar-refractivity contribution in [2.75, 3.05) is 5.73 Å². The molecule has 0 unspecified atom stereocenters. The number of aromatic nitrogens is 3. The van der Waals surface area contributed by atoms with E-state index >= 15 is 0 Å². The normalized spacial score (nSPS) is 17.7. The minimum atomic E-state index is -1.03. The lowest BCUT2D eigenvalue weighted by Gasteiger charge is -2.21. The molecule has 1 aromatic carbocycles. The van der Waals surface area contributed by atoms with Crippen LogP contribution in [0.5, 0.6) is 0 Å². The Labute approximate surface area is 169 Å². The summed E-state index contributed by atoms with van der Waals surface area (Å²) in [5.74, 6) is 0.0253. The zero-order valence-electron chi connectivity index (χ0n) is 16.5. The summed E-state index contributed by atoms with van der Waals surface area (Å²) in [4.78, 5) is 16.5. The highest BCUT2D eigenvalue weighted by molar-refractivity contribution is 6.01. The van der Waals surface area contributed by atoms with Gasteiger partial charge < -0.3 is 10.8 Å². The molecule has 2 aromatic heterocycles. The number of benzene rings is 1. The summed E-state index contributed by atoms with van der Waals surface area (Å²) in [5.41, 5.74) is 9.87. The molecule has 150 valence electrons. The fraction of sp³-hybridized carbons (Fsp3) is 0.435. The molecule has 2 heterocycles. The van der Waals surface area contributed by atoms with E-state index in [1.54, 1.807) is 6.20 Å². The molecule has 5 rings (SSSR count).